The summed E-state index contributed by atoms with van der Waals surface area (Å²) in [6.07, 6.45) is 45.0. The number of aliphatic hydroxyl groups excluding tert-OH is 5. The van der Waals surface area contributed by atoms with Crippen LogP contribution in [0.15, 0.2) is 85.1 Å². The van der Waals surface area contributed by atoms with Gasteiger partial charge in [0.25, 0.3) is 0 Å². The number of phosphoric ester groups is 1. The zero-order valence-electron chi connectivity index (χ0n) is 42.3. The first-order chi connectivity index (χ1) is 33.4. The third kappa shape index (κ3) is 35.7. The SMILES string of the molecule is CC/C=C\C/C=C\C/C=C\C/C=C\C/C=C\C/C=C\CCC(=O)OC(COC(=O)CCCCCCCCCCC/C=C\CCCCCCCCCC)COP(=O)(O)OC1C(O)C(O)C(O)C(O)C1O. The van der Waals surface area contributed by atoms with Gasteiger partial charge in [0.15, 0.2) is 6.10 Å². The van der Waals surface area contributed by atoms with Gasteiger partial charge in [-0.05, 0) is 77.0 Å². The van der Waals surface area contributed by atoms with E-state index in [1.807, 2.05) is 18.2 Å². The molecule has 0 aromatic carbocycles. The van der Waals surface area contributed by atoms with E-state index in [2.05, 4.69) is 80.7 Å². The number of ether oxygens (including phenoxy) is 2. The van der Waals surface area contributed by atoms with Gasteiger partial charge in [0.05, 0.1) is 6.61 Å². The van der Waals surface area contributed by atoms with Crippen molar-refractivity contribution in [1.29, 1.82) is 0 Å². The molecule has 0 heterocycles. The van der Waals surface area contributed by atoms with Gasteiger partial charge in [0.2, 0.25) is 0 Å². The predicted octanol–water partition coefficient (Wildman–Crippen LogP) is 11.6. The number of esters is 2. The maximum Gasteiger partial charge on any atom is 0.472 e. The first-order valence-electron chi connectivity index (χ1n) is 26.4. The van der Waals surface area contributed by atoms with Crippen LogP contribution in [0.25, 0.3) is 0 Å². The van der Waals surface area contributed by atoms with Gasteiger partial charge in [-0.3, -0.25) is 18.6 Å². The topological polar surface area (TPSA) is 210 Å². The lowest BCUT2D eigenvalue weighted by Gasteiger charge is -2.41. The number of carbonyl (C=O) groups is 2. The van der Waals surface area contributed by atoms with Gasteiger partial charge in [-0.1, -0.05) is 189 Å². The summed E-state index contributed by atoms with van der Waals surface area (Å²) in [5.74, 6) is -1.20. The Morgan fingerprint density at radius 2 is 0.855 bits per heavy atom. The van der Waals surface area contributed by atoms with Crippen LogP contribution in [0.4, 0.5) is 0 Å². The number of rotatable bonds is 43. The van der Waals surface area contributed by atoms with Gasteiger partial charge in [-0.2, -0.15) is 0 Å². The van der Waals surface area contributed by atoms with Crippen molar-refractivity contribution >= 4 is 19.8 Å². The molecule has 1 saturated carbocycles. The molecular weight excluding hydrogens is 900 g/mol. The van der Waals surface area contributed by atoms with Crippen molar-refractivity contribution in [3.05, 3.63) is 85.1 Å². The van der Waals surface area contributed by atoms with Crippen molar-refractivity contribution in [2.24, 2.45) is 0 Å². The second kappa shape index (κ2) is 43.8. The molecule has 0 amide bonds. The van der Waals surface area contributed by atoms with Gasteiger partial charge >= 0.3 is 19.8 Å². The minimum Gasteiger partial charge on any atom is -0.462 e. The average Bonchev–Trinajstić information content (AvgIpc) is 3.33. The van der Waals surface area contributed by atoms with E-state index in [4.69, 9.17) is 18.5 Å². The van der Waals surface area contributed by atoms with Crippen LogP contribution < -0.4 is 0 Å². The summed E-state index contributed by atoms with van der Waals surface area (Å²) in [4.78, 5) is 35.8. The number of allylic oxidation sites excluding steroid dienone is 14. The minimum atomic E-state index is -5.15. The van der Waals surface area contributed by atoms with Crippen LogP contribution in [0.2, 0.25) is 0 Å². The van der Waals surface area contributed by atoms with E-state index in [1.165, 1.54) is 83.5 Å². The smallest absolute Gasteiger partial charge is 0.462 e. The van der Waals surface area contributed by atoms with Crippen LogP contribution in [0.1, 0.15) is 194 Å². The minimum absolute atomic E-state index is 0.0325. The third-order valence-corrected chi connectivity index (χ3v) is 12.7. The molecule has 1 rings (SSSR count). The van der Waals surface area contributed by atoms with Gasteiger partial charge in [0, 0.05) is 12.8 Å². The Hall–Kier alpha value is -2.97. The summed E-state index contributed by atoms with van der Waals surface area (Å²) < 4.78 is 33.6. The van der Waals surface area contributed by atoms with E-state index in [0.717, 1.165) is 64.2 Å². The van der Waals surface area contributed by atoms with Gasteiger partial charge in [-0.15, -0.1) is 0 Å². The molecule has 0 aromatic heterocycles. The van der Waals surface area contributed by atoms with Crippen molar-refractivity contribution in [2.45, 2.75) is 236 Å². The maximum absolute atomic E-state index is 12.9. The summed E-state index contributed by atoms with van der Waals surface area (Å²) in [6.45, 7) is 3.14. The fourth-order valence-corrected chi connectivity index (χ4v) is 8.52. The Bertz CT molecular complexity index is 1520. The molecule has 14 heteroatoms. The molecule has 1 aliphatic carbocycles. The van der Waals surface area contributed by atoms with Crippen LogP contribution in [0.5, 0.6) is 0 Å². The standard InChI is InChI=1S/C55H93O13P/c1-3-5-7-9-11-13-15-17-19-21-23-24-26-27-29-31-33-35-37-39-41-43-48(56)65-45-47(46-66-69(63,64)68-55-53(61)51(59)50(58)52(60)54(55)62)67-49(57)44-42-40-38-36-34-32-30-28-25-22-20-18-16-14-12-10-8-6-4-2/h6,8,12,14,18,20-21,23,25,28,32,34,38,40,47,50-55,58-62H,3-5,7,9-11,13,15-17,19,22,24,26-27,29-31,33,35-37,39,41-46H2,1-2H3,(H,63,64)/b8-6-,14-12-,20-18-,23-21-,28-25-,34-32-,40-38-. The number of phosphoric acid groups is 1. The first-order valence-corrected chi connectivity index (χ1v) is 27.9. The van der Waals surface area contributed by atoms with Crippen molar-refractivity contribution in [2.75, 3.05) is 13.2 Å². The molecule has 1 fully saturated rings. The zero-order chi connectivity index (χ0) is 50.6. The van der Waals surface area contributed by atoms with Crippen LogP contribution >= 0.6 is 7.82 Å². The molecule has 6 N–H and O–H groups in total. The van der Waals surface area contributed by atoms with E-state index in [9.17, 15) is 44.6 Å². The molecule has 0 aliphatic heterocycles. The van der Waals surface area contributed by atoms with E-state index in [1.54, 1.807) is 0 Å². The van der Waals surface area contributed by atoms with Crippen LogP contribution in [0.3, 0.4) is 0 Å². The molecule has 69 heavy (non-hydrogen) atoms. The molecule has 0 radical (unpaired) electrons. The highest BCUT2D eigenvalue weighted by atomic mass is 31.2. The molecular formula is C55H93O13P. The monoisotopic (exact) mass is 993 g/mol. The highest BCUT2D eigenvalue weighted by Crippen LogP contribution is 2.47. The fourth-order valence-electron chi connectivity index (χ4n) is 7.54. The molecule has 396 valence electrons. The molecule has 6 atom stereocenters. The Kier molecular flexibility index (Phi) is 40.6. The molecule has 0 saturated heterocycles. The summed E-state index contributed by atoms with van der Waals surface area (Å²) in [6, 6.07) is 0. The number of hydrogen-bond acceptors (Lipinski definition) is 12. The maximum atomic E-state index is 12.9. The Morgan fingerprint density at radius 3 is 1.32 bits per heavy atom. The Morgan fingerprint density at radius 1 is 0.464 bits per heavy atom. The highest BCUT2D eigenvalue weighted by molar-refractivity contribution is 7.47. The van der Waals surface area contributed by atoms with E-state index in [0.29, 0.717) is 19.3 Å². The normalized spacial score (nSPS) is 21.6. The van der Waals surface area contributed by atoms with Crippen molar-refractivity contribution in [1.82, 2.24) is 0 Å². The molecule has 0 spiro atoms. The molecule has 13 nitrogen and oxygen atoms in total. The molecule has 1 aliphatic rings. The Labute approximate surface area is 416 Å². The highest BCUT2D eigenvalue weighted by Gasteiger charge is 2.51. The van der Waals surface area contributed by atoms with Crippen LogP contribution in [0, 0.1) is 0 Å². The second-order valence-corrected chi connectivity index (χ2v) is 19.4. The van der Waals surface area contributed by atoms with Crippen LogP contribution in [-0.4, -0.2) is 98.3 Å². The number of aliphatic hydroxyl groups is 5. The largest absolute Gasteiger partial charge is 0.472 e. The lowest BCUT2D eigenvalue weighted by atomic mass is 9.85. The van der Waals surface area contributed by atoms with Crippen molar-refractivity contribution < 1.29 is 63.1 Å². The number of carbonyl (C=O) groups excluding carboxylic acids is 2. The number of hydrogen-bond donors (Lipinski definition) is 6. The fraction of sp³-hybridized carbons (Fsp3) is 0.709. The molecule has 6 unspecified atom stereocenters. The summed E-state index contributed by atoms with van der Waals surface area (Å²) >= 11 is 0. The predicted molar refractivity (Wildman–Crippen MR) is 276 cm³/mol. The summed E-state index contributed by atoms with van der Waals surface area (Å²) in [7, 11) is -5.15. The average molecular weight is 993 g/mol. The first kappa shape index (κ1) is 64.0. The molecule has 0 aromatic rings. The zero-order valence-corrected chi connectivity index (χ0v) is 43.2. The van der Waals surface area contributed by atoms with Gasteiger partial charge in [0.1, 0.15) is 43.2 Å². The molecule has 0 bridgehead atoms. The van der Waals surface area contributed by atoms with Crippen LogP contribution in [-0.2, 0) is 32.7 Å². The van der Waals surface area contributed by atoms with E-state index < -0.39 is 75.7 Å². The lowest BCUT2D eigenvalue weighted by molar-refractivity contribution is -0.220. The Balaban J connectivity index is 2.44. The number of unbranched alkanes of at least 4 members (excludes halogenated alkanes) is 17. The van der Waals surface area contributed by atoms with Crippen molar-refractivity contribution in [3.63, 3.8) is 0 Å². The second-order valence-electron chi connectivity index (χ2n) is 18.0. The van der Waals surface area contributed by atoms with Crippen molar-refractivity contribution in [3.8, 4) is 0 Å². The summed E-state index contributed by atoms with van der Waals surface area (Å²) in [5.41, 5.74) is 0. The lowest BCUT2D eigenvalue weighted by Crippen LogP contribution is -2.64. The van der Waals surface area contributed by atoms with Gasteiger partial charge < -0.3 is 39.9 Å². The van der Waals surface area contributed by atoms with E-state index >= 15 is 0 Å². The quantitative estimate of drug-likeness (QED) is 0.0146. The van der Waals surface area contributed by atoms with Gasteiger partial charge in [-0.25, -0.2) is 4.57 Å². The van der Waals surface area contributed by atoms with E-state index in [-0.39, 0.29) is 12.8 Å². The third-order valence-electron chi connectivity index (χ3n) is 11.7. The summed E-state index contributed by atoms with van der Waals surface area (Å²) in [5, 5.41) is 50.3.